The number of hydrogen-bond acceptors (Lipinski definition) is 2. The van der Waals surface area contributed by atoms with Crippen molar-refractivity contribution >= 4 is 5.78 Å². The van der Waals surface area contributed by atoms with Crippen LogP contribution in [-0.2, 0) is 4.79 Å². The van der Waals surface area contributed by atoms with Crippen molar-refractivity contribution in [1.29, 1.82) is 0 Å². The van der Waals surface area contributed by atoms with E-state index in [1.165, 1.54) is 19.5 Å². The largest absolute Gasteiger partial charge is 0.303 e. The number of carbonyl (C=O) groups is 1. The molecule has 0 amide bonds. The van der Waals surface area contributed by atoms with Crippen LogP contribution in [0.1, 0.15) is 40.0 Å². The first-order valence-electron chi connectivity index (χ1n) is 5.81. The maximum atomic E-state index is 10.8. The molecule has 1 aliphatic heterocycles. The highest BCUT2D eigenvalue weighted by Gasteiger charge is 2.21. The molecule has 14 heavy (non-hydrogen) atoms. The quantitative estimate of drug-likeness (QED) is 0.689. The highest BCUT2D eigenvalue weighted by atomic mass is 16.1. The van der Waals surface area contributed by atoms with Crippen LogP contribution in [0, 0.1) is 11.8 Å². The molecule has 1 fully saturated rings. The molecule has 2 unspecified atom stereocenters. The van der Waals surface area contributed by atoms with E-state index in [-0.39, 0.29) is 0 Å². The Bertz CT molecular complexity index is 191. The van der Waals surface area contributed by atoms with E-state index < -0.39 is 0 Å². The first kappa shape index (κ1) is 11.7. The minimum absolute atomic E-state index is 0.323. The van der Waals surface area contributed by atoms with E-state index in [1.54, 1.807) is 6.92 Å². The molecule has 0 aromatic heterocycles. The predicted molar refractivity (Wildman–Crippen MR) is 59.3 cm³/mol. The van der Waals surface area contributed by atoms with E-state index in [0.717, 1.165) is 31.2 Å². The van der Waals surface area contributed by atoms with Gasteiger partial charge in [-0.15, -0.1) is 0 Å². The molecule has 0 N–H and O–H groups in total. The molecule has 0 aromatic rings. The van der Waals surface area contributed by atoms with Crippen molar-refractivity contribution in [3.63, 3.8) is 0 Å². The van der Waals surface area contributed by atoms with Gasteiger partial charge in [-0.1, -0.05) is 13.8 Å². The van der Waals surface area contributed by atoms with Crippen LogP contribution >= 0.6 is 0 Å². The first-order chi connectivity index (χ1) is 6.59. The standard InChI is InChI=1S/C12H23NO/c1-10-6-8-13(9-11(10)2)7-4-5-12(3)14/h10-11H,4-9H2,1-3H3. The summed E-state index contributed by atoms with van der Waals surface area (Å²) in [4.78, 5) is 13.3. The maximum absolute atomic E-state index is 10.8. The highest BCUT2D eigenvalue weighted by Crippen LogP contribution is 2.22. The third-order valence-corrected chi connectivity index (χ3v) is 3.42. The van der Waals surface area contributed by atoms with Crippen LogP contribution in [-0.4, -0.2) is 30.3 Å². The average Bonchev–Trinajstić information content (AvgIpc) is 2.10. The summed E-state index contributed by atoms with van der Waals surface area (Å²) in [7, 11) is 0. The Labute approximate surface area is 87.7 Å². The van der Waals surface area contributed by atoms with Gasteiger partial charge in [0.05, 0.1) is 0 Å². The van der Waals surface area contributed by atoms with E-state index in [4.69, 9.17) is 0 Å². The zero-order chi connectivity index (χ0) is 10.6. The molecule has 0 aromatic carbocycles. The molecular formula is C12H23NO. The molecule has 1 heterocycles. The van der Waals surface area contributed by atoms with Crippen LogP contribution in [0.3, 0.4) is 0 Å². The average molecular weight is 197 g/mol. The zero-order valence-electron chi connectivity index (χ0n) is 9.75. The van der Waals surface area contributed by atoms with Crippen LogP contribution in [0.4, 0.5) is 0 Å². The topological polar surface area (TPSA) is 20.3 Å². The maximum Gasteiger partial charge on any atom is 0.129 e. The van der Waals surface area contributed by atoms with Crippen LogP contribution in [0.15, 0.2) is 0 Å². The monoisotopic (exact) mass is 197 g/mol. The number of ketones is 1. The Morgan fingerprint density at radius 1 is 1.36 bits per heavy atom. The number of carbonyl (C=O) groups excluding carboxylic acids is 1. The summed E-state index contributed by atoms with van der Waals surface area (Å²) in [6.07, 6.45) is 3.11. The number of piperidine rings is 1. The van der Waals surface area contributed by atoms with Gasteiger partial charge in [-0.25, -0.2) is 0 Å². The predicted octanol–water partition coefficient (Wildman–Crippen LogP) is 2.33. The second kappa shape index (κ2) is 5.50. The number of nitrogens with zero attached hydrogens (tertiary/aromatic N) is 1. The lowest BCUT2D eigenvalue weighted by molar-refractivity contribution is -0.117. The first-order valence-corrected chi connectivity index (χ1v) is 5.81. The Morgan fingerprint density at radius 2 is 2.07 bits per heavy atom. The summed E-state index contributed by atoms with van der Waals surface area (Å²) < 4.78 is 0. The number of likely N-dealkylation sites (tertiary alicyclic amines) is 1. The van der Waals surface area contributed by atoms with Crippen molar-refractivity contribution in [1.82, 2.24) is 4.90 Å². The van der Waals surface area contributed by atoms with Crippen LogP contribution in [0.5, 0.6) is 0 Å². The molecule has 1 aliphatic rings. The molecular weight excluding hydrogens is 174 g/mol. The molecule has 0 radical (unpaired) electrons. The Hall–Kier alpha value is -0.370. The fourth-order valence-corrected chi connectivity index (χ4v) is 2.10. The van der Waals surface area contributed by atoms with E-state index >= 15 is 0 Å². The second-order valence-corrected chi connectivity index (χ2v) is 4.85. The van der Waals surface area contributed by atoms with Gasteiger partial charge >= 0.3 is 0 Å². The summed E-state index contributed by atoms with van der Waals surface area (Å²) in [5, 5.41) is 0. The van der Waals surface area contributed by atoms with Crippen molar-refractivity contribution in [3.05, 3.63) is 0 Å². The Kier molecular flexibility index (Phi) is 4.59. The van der Waals surface area contributed by atoms with Crippen molar-refractivity contribution in [3.8, 4) is 0 Å². The van der Waals surface area contributed by atoms with Gasteiger partial charge < -0.3 is 9.69 Å². The third-order valence-electron chi connectivity index (χ3n) is 3.42. The van der Waals surface area contributed by atoms with E-state index in [2.05, 4.69) is 18.7 Å². The smallest absolute Gasteiger partial charge is 0.129 e. The Balaban J connectivity index is 2.16. The van der Waals surface area contributed by atoms with Gasteiger partial charge in [0.25, 0.3) is 0 Å². The van der Waals surface area contributed by atoms with Gasteiger partial charge in [0, 0.05) is 13.0 Å². The van der Waals surface area contributed by atoms with Crippen molar-refractivity contribution in [2.75, 3.05) is 19.6 Å². The molecule has 1 saturated heterocycles. The molecule has 0 aliphatic carbocycles. The van der Waals surface area contributed by atoms with E-state index in [0.29, 0.717) is 5.78 Å². The molecule has 0 spiro atoms. The number of rotatable bonds is 4. The number of hydrogen-bond donors (Lipinski definition) is 0. The fourth-order valence-electron chi connectivity index (χ4n) is 2.10. The van der Waals surface area contributed by atoms with Gasteiger partial charge in [0.15, 0.2) is 0 Å². The van der Waals surface area contributed by atoms with E-state index in [1.807, 2.05) is 0 Å². The molecule has 2 atom stereocenters. The van der Waals surface area contributed by atoms with Gasteiger partial charge in [-0.3, -0.25) is 0 Å². The van der Waals surface area contributed by atoms with Crippen LogP contribution in [0.2, 0.25) is 0 Å². The molecule has 0 bridgehead atoms. The van der Waals surface area contributed by atoms with Crippen molar-refractivity contribution in [2.24, 2.45) is 11.8 Å². The van der Waals surface area contributed by atoms with Gasteiger partial charge in [0.1, 0.15) is 5.78 Å². The molecule has 2 heteroatoms. The normalized spacial score (nSPS) is 29.1. The molecule has 1 rings (SSSR count). The molecule has 0 saturated carbocycles. The lowest BCUT2D eigenvalue weighted by atomic mass is 9.88. The van der Waals surface area contributed by atoms with Gasteiger partial charge in [-0.2, -0.15) is 0 Å². The molecule has 2 nitrogen and oxygen atoms in total. The zero-order valence-corrected chi connectivity index (χ0v) is 9.75. The Morgan fingerprint density at radius 3 is 2.64 bits per heavy atom. The minimum atomic E-state index is 0.323. The lowest BCUT2D eigenvalue weighted by Gasteiger charge is -2.35. The summed E-state index contributed by atoms with van der Waals surface area (Å²) in [5.74, 6) is 2.02. The van der Waals surface area contributed by atoms with Gasteiger partial charge in [-0.05, 0) is 44.7 Å². The van der Waals surface area contributed by atoms with Crippen molar-refractivity contribution < 1.29 is 4.79 Å². The lowest BCUT2D eigenvalue weighted by Crippen LogP contribution is -2.38. The van der Waals surface area contributed by atoms with Crippen LogP contribution in [0.25, 0.3) is 0 Å². The summed E-state index contributed by atoms with van der Waals surface area (Å²) in [6.45, 7) is 9.92. The van der Waals surface area contributed by atoms with Gasteiger partial charge in [0.2, 0.25) is 0 Å². The molecule has 82 valence electrons. The fraction of sp³-hybridized carbons (Fsp3) is 0.917. The second-order valence-electron chi connectivity index (χ2n) is 4.85. The summed E-state index contributed by atoms with van der Waals surface area (Å²) in [5.41, 5.74) is 0. The minimum Gasteiger partial charge on any atom is -0.303 e. The summed E-state index contributed by atoms with van der Waals surface area (Å²) >= 11 is 0. The summed E-state index contributed by atoms with van der Waals surface area (Å²) in [6, 6.07) is 0. The third kappa shape index (κ3) is 3.79. The van der Waals surface area contributed by atoms with E-state index in [9.17, 15) is 4.79 Å². The van der Waals surface area contributed by atoms with Crippen molar-refractivity contribution in [2.45, 2.75) is 40.0 Å². The SMILES string of the molecule is CC(=O)CCCN1CCC(C)C(C)C1. The van der Waals surface area contributed by atoms with Crippen LogP contribution < -0.4 is 0 Å². The highest BCUT2D eigenvalue weighted by molar-refractivity contribution is 5.75. The number of Topliss-reactive ketones (excluding diaryl/α,β-unsaturated/α-hetero) is 1.